The third-order valence-corrected chi connectivity index (χ3v) is 4.37. The van der Waals surface area contributed by atoms with E-state index < -0.39 is 5.97 Å². The smallest absolute Gasteiger partial charge is 0.347 e. The molecule has 0 aliphatic heterocycles. The highest BCUT2D eigenvalue weighted by molar-refractivity contribution is 7.17. The minimum atomic E-state index is -0.993. The maximum absolute atomic E-state index is 13.3. The van der Waals surface area contributed by atoms with Crippen LogP contribution in [-0.2, 0) is 6.42 Å². The lowest BCUT2D eigenvalue weighted by molar-refractivity contribution is 0.0701. The van der Waals surface area contributed by atoms with E-state index >= 15 is 0 Å². The van der Waals surface area contributed by atoms with Gasteiger partial charge < -0.3 is 5.11 Å². The molecule has 3 aromatic rings. The van der Waals surface area contributed by atoms with Crippen molar-refractivity contribution in [2.24, 2.45) is 0 Å². The standard InChI is InChI=1S/C15H12FN3O2S/c1-8-13(15(20)21)22-14(18-8)12-10(7-17-19-12)5-9-3-2-4-11(16)6-9/h2-4,6-7H,5H2,1H3,(H,17,19)(H,20,21). The lowest BCUT2D eigenvalue weighted by Crippen LogP contribution is -1.94. The van der Waals surface area contributed by atoms with Gasteiger partial charge in [-0.15, -0.1) is 11.3 Å². The van der Waals surface area contributed by atoms with E-state index in [1.165, 1.54) is 12.1 Å². The molecule has 3 rings (SSSR count). The zero-order chi connectivity index (χ0) is 15.7. The maximum atomic E-state index is 13.3. The number of thiazole rings is 1. The molecule has 0 amide bonds. The number of aromatic carboxylic acids is 1. The van der Waals surface area contributed by atoms with E-state index in [4.69, 9.17) is 5.11 Å². The molecule has 5 nitrogen and oxygen atoms in total. The molecule has 1 aromatic carbocycles. The Morgan fingerprint density at radius 3 is 2.95 bits per heavy atom. The molecule has 0 unspecified atom stereocenters. The van der Waals surface area contributed by atoms with Gasteiger partial charge in [-0.2, -0.15) is 5.10 Å². The summed E-state index contributed by atoms with van der Waals surface area (Å²) >= 11 is 1.10. The molecule has 0 spiro atoms. The molecule has 0 fully saturated rings. The fraction of sp³-hybridized carbons (Fsp3) is 0.133. The van der Waals surface area contributed by atoms with E-state index in [1.54, 1.807) is 19.2 Å². The van der Waals surface area contributed by atoms with E-state index in [-0.39, 0.29) is 10.7 Å². The van der Waals surface area contributed by atoms with Crippen molar-refractivity contribution in [3.8, 4) is 10.7 Å². The van der Waals surface area contributed by atoms with Crippen LogP contribution in [0.3, 0.4) is 0 Å². The summed E-state index contributed by atoms with van der Waals surface area (Å²) in [7, 11) is 0. The van der Waals surface area contributed by atoms with Gasteiger partial charge in [-0.1, -0.05) is 12.1 Å². The van der Waals surface area contributed by atoms with Crippen molar-refractivity contribution in [2.75, 3.05) is 0 Å². The van der Waals surface area contributed by atoms with E-state index in [0.717, 1.165) is 22.5 Å². The SMILES string of the molecule is Cc1nc(-c2[nH]ncc2Cc2cccc(F)c2)sc1C(=O)O. The monoisotopic (exact) mass is 317 g/mol. The third-order valence-electron chi connectivity index (χ3n) is 3.21. The summed E-state index contributed by atoms with van der Waals surface area (Å²) in [6, 6.07) is 6.34. The molecular weight excluding hydrogens is 305 g/mol. The maximum Gasteiger partial charge on any atom is 0.347 e. The molecule has 0 saturated carbocycles. The van der Waals surface area contributed by atoms with Gasteiger partial charge in [-0.3, -0.25) is 5.10 Å². The number of aromatic nitrogens is 3. The van der Waals surface area contributed by atoms with Crippen LogP contribution in [0.5, 0.6) is 0 Å². The molecule has 0 aliphatic rings. The first-order chi connectivity index (χ1) is 10.5. The first-order valence-corrected chi connectivity index (χ1v) is 7.34. The van der Waals surface area contributed by atoms with Crippen LogP contribution in [0.15, 0.2) is 30.5 Å². The molecule has 7 heteroatoms. The zero-order valence-corrected chi connectivity index (χ0v) is 12.4. The van der Waals surface area contributed by atoms with Crippen LogP contribution in [0.4, 0.5) is 4.39 Å². The Labute approximate surface area is 129 Å². The van der Waals surface area contributed by atoms with Gasteiger partial charge in [0.15, 0.2) is 0 Å². The molecule has 2 N–H and O–H groups in total. The number of hydrogen-bond donors (Lipinski definition) is 2. The molecule has 2 aromatic heterocycles. The molecule has 112 valence electrons. The van der Waals surface area contributed by atoms with Gasteiger partial charge in [0.2, 0.25) is 0 Å². The van der Waals surface area contributed by atoms with Gasteiger partial charge in [-0.25, -0.2) is 14.2 Å². The highest BCUT2D eigenvalue weighted by Crippen LogP contribution is 2.29. The Morgan fingerprint density at radius 2 is 2.27 bits per heavy atom. The van der Waals surface area contributed by atoms with Crippen molar-refractivity contribution >= 4 is 17.3 Å². The van der Waals surface area contributed by atoms with Crippen LogP contribution in [0.1, 0.15) is 26.5 Å². The first kappa shape index (κ1) is 14.4. The summed E-state index contributed by atoms with van der Waals surface area (Å²) in [4.78, 5) is 15.6. The summed E-state index contributed by atoms with van der Waals surface area (Å²) in [6.07, 6.45) is 2.14. The van der Waals surface area contributed by atoms with Crippen LogP contribution >= 0.6 is 11.3 Å². The number of carboxylic acids is 1. The number of nitrogens with one attached hydrogen (secondary N) is 1. The van der Waals surface area contributed by atoms with E-state index in [2.05, 4.69) is 15.2 Å². The van der Waals surface area contributed by atoms with E-state index in [1.807, 2.05) is 6.07 Å². The van der Waals surface area contributed by atoms with Crippen molar-refractivity contribution in [2.45, 2.75) is 13.3 Å². The average molecular weight is 317 g/mol. The zero-order valence-electron chi connectivity index (χ0n) is 11.6. The molecule has 2 heterocycles. The molecule has 0 saturated heterocycles. The number of rotatable bonds is 4. The lowest BCUT2D eigenvalue weighted by Gasteiger charge is -2.01. The van der Waals surface area contributed by atoms with Gasteiger partial charge in [-0.05, 0) is 24.6 Å². The van der Waals surface area contributed by atoms with Gasteiger partial charge in [0.25, 0.3) is 0 Å². The predicted octanol–water partition coefficient (Wildman–Crippen LogP) is 3.27. The second-order valence-electron chi connectivity index (χ2n) is 4.82. The number of H-pyrrole nitrogens is 1. The Kier molecular flexibility index (Phi) is 3.72. The molecule has 0 atom stereocenters. The fourth-order valence-electron chi connectivity index (χ4n) is 2.20. The second kappa shape index (κ2) is 5.69. The number of benzene rings is 1. The van der Waals surface area contributed by atoms with Crippen molar-refractivity contribution in [1.82, 2.24) is 15.2 Å². The van der Waals surface area contributed by atoms with Crippen molar-refractivity contribution < 1.29 is 14.3 Å². The van der Waals surface area contributed by atoms with Crippen LogP contribution in [0, 0.1) is 12.7 Å². The molecule has 0 aliphatic carbocycles. The van der Waals surface area contributed by atoms with Crippen molar-refractivity contribution in [3.63, 3.8) is 0 Å². The number of hydrogen-bond acceptors (Lipinski definition) is 4. The molecule has 0 radical (unpaired) electrons. The van der Waals surface area contributed by atoms with Gasteiger partial charge in [0, 0.05) is 12.0 Å². The number of aromatic amines is 1. The van der Waals surface area contributed by atoms with Crippen molar-refractivity contribution in [3.05, 3.63) is 58.0 Å². The lowest BCUT2D eigenvalue weighted by atomic mass is 10.1. The Morgan fingerprint density at radius 1 is 1.45 bits per heavy atom. The Bertz CT molecular complexity index is 841. The number of nitrogens with zero attached hydrogens (tertiary/aromatic N) is 2. The van der Waals surface area contributed by atoms with Crippen LogP contribution in [-0.4, -0.2) is 26.3 Å². The van der Waals surface area contributed by atoms with Crippen LogP contribution in [0.2, 0.25) is 0 Å². The topological polar surface area (TPSA) is 78.9 Å². The quantitative estimate of drug-likeness (QED) is 0.774. The van der Waals surface area contributed by atoms with Crippen LogP contribution < -0.4 is 0 Å². The Balaban J connectivity index is 1.95. The predicted molar refractivity (Wildman–Crippen MR) is 80.6 cm³/mol. The number of carbonyl (C=O) groups is 1. The fourth-order valence-corrected chi connectivity index (χ4v) is 3.13. The molecule has 22 heavy (non-hydrogen) atoms. The molecular formula is C15H12FN3O2S. The van der Waals surface area contributed by atoms with Gasteiger partial charge >= 0.3 is 5.97 Å². The van der Waals surface area contributed by atoms with Crippen molar-refractivity contribution in [1.29, 1.82) is 0 Å². The number of halogens is 1. The van der Waals surface area contributed by atoms with Gasteiger partial charge in [0.05, 0.1) is 17.6 Å². The highest BCUT2D eigenvalue weighted by atomic mass is 32.1. The largest absolute Gasteiger partial charge is 0.477 e. The summed E-state index contributed by atoms with van der Waals surface area (Å²) < 4.78 is 13.3. The minimum Gasteiger partial charge on any atom is -0.477 e. The van der Waals surface area contributed by atoms with E-state index in [9.17, 15) is 9.18 Å². The Hall–Kier alpha value is -2.54. The average Bonchev–Trinajstić information content (AvgIpc) is 3.05. The minimum absolute atomic E-state index is 0.210. The van der Waals surface area contributed by atoms with Gasteiger partial charge in [0.1, 0.15) is 15.7 Å². The molecule has 0 bridgehead atoms. The summed E-state index contributed by atoms with van der Waals surface area (Å²) in [6.45, 7) is 1.66. The summed E-state index contributed by atoms with van der Waals surface area (Å²) in [5.74, 6) is -1.28. The highest BCUT2D eigenvalue weighted by Gasteiger charge is 2.18. The summed E-state index contributed by atoms with van der Waals surface area (Å²) in [5.41, 5.74) is 2.80. The second-order valence-corrected chi connectivity index (χ2v) is 5.81. The normalized spacial score (nSPS) is 10.8. The number of aryl methyl sites for hydroxylation is 1. The first-order valence-electron chi connectivity index (χ1n) is 6.52. The summed E-state index contributed by atoms with van der Waals surface area (Å²) in [5, 5.41) is 16.5. The third kappa shape index (κ3) is 2.75. The number of carboxylic acid groups (broad SMARTS) is 1. The van der Waals surface area contributed by atoms with Crippen LogP contribution in [0.25, 0.3) is 10.7 Å². The van der Waals surface area contributed by atoms with E-state index in [0.29, 0.717) is 22.8 Å².